The van der Waals surface area contributed by atoms with E-state index in [9.17, 15) is 9.18 Å². The molecule has 1 saturated heterocycles. The first-order valence-corrected chi connectivity index (χ1v) is 6.08. The normalized spacial score (nSPS) is 15.8. The number of Topliss-reactive ketones (excluding diaryl/α,β-unsaturated/α-hetero) is 1. The summed E-state index contributed by atoms with van der Waals surface area (Å²) in [7, 11) is 0. The monoisotopic (exact) mass is 252 g/mol. The van der Waals surface area contributed by atoms with E-state index >= 15 is 0 Å². The number of morpholine rings is 1. The van der Waals surface area contributed by atoms with Crippen molar-refractivity contribution >= 4 is 11.5 Å². The van der Waals surface area contributed by atoms with Crippen LogP contribution in [0.5, 0.6) is 0 Å². The maximum absolute atomic E-state index is 13.4. The van der Waals surface area contributed by atoms with E-state index in [1.165, 1.54) is 18.2 Å². The van der Waals surface area contributed by atoms with Gasteiger partial charge in [0.05, 0.1) is 18.9 Å². The lowest BCUT2D eigenvalue weighted by Gasteiger charge is -2.30. The van der Waals surface area contributed by atoms with Gasteiger partial charge in [-0.15, -0.1) is 0 Å². The van der Waals surface area contributed by atoms with Crippen molar-refractivity contribution in [3.05, 3.63) is 29.6 Å². The number of rotatable bonds is 4. The summed E-state index contributed by atoms with van der Waals surface area (Å²) in [5.74, 6) is -0.375. The minimum Gasteiger partial charge on any atom is -0.378 e. The van der Waals surface area contributed by atoms with Crippen LogP contribution in [-0.4, -0.2) is 38.6 Å². The van der Waals surface area contributed by atoms with Crippen molar-refractivity contribution < 1.29 is 13.9 Å². The highest BCUT2D eigenvalue weighted by molar-refractivity contribution is 6.01. The van der Waals surface area contributed by atoms with E-state index in [2.05, 4.69) is 0 Å². The van der Waals surface area contributed by atoms with Crippen molar-refractivity contribution in [1.82, 2.24) is 0 Å². The van der Waals surface area contributed by atoms with Gasteiger partial charge in [-0.2, -0.15) is 0 Å². The number of hydrogen-bond acceptors (Lipinski definition) is 4. The highest BCUT2D eigenvalue weighted by Crippen LogP contribution is 2.24. The summed E-state index contributed by atoms with van der Waals surface area (Å²) < 4.78 is 18.6. The molecule has 0 aliphatic carbocycles. The summed E-state index contributed by atoms with van der Waals surface area (Å²) in [6.45, 7) is 2.85. The lowest BCUT2D eigenvalue weighted by Crippen LogP contribution is -2.37. The molecule has 2 rings (SSSR count). The maximum Gasteiger partial charge on any atom is 0.166 e. The molecule has 0 amide bonds. The largest absolute Gasteiger partial charge is 0.378 e. The molecule has 1 aliphatic heterocycles. The number of hydrogen-bond donors (Lipinski definition) is 1. The van der Waals surface area contributed by atoms with Gasteiger partial charge in [0, 0.05) is 25.1 Å². The molecule has 2 N–H and O–H groups in total. The molecule has 0 unspecified atom stereocenters. The quantitative estimate of drug-likeness (QED) is 0.818. The zero-order chi connectivity index (χ0) is 13.0. The second-order valence-electron chi connectivity index (χ2n) is 4.22. The van der Waals surface area contributed by atoms with Gasteiger partial charge in [0.15, 0.2) is 5.78 Å². The maximum atomic E-state index is 13.4. The van der Waals surface area contributed by atoms with Crippen LogP contribution in [0, 0.1) is 5.82 Å². The van der Waals surface area contributed by atoms with Crippen LogP contribution in [-0.2, 0) is 4.74 Å². The average molecular weight is 252 g/mol. The van der Waals surface area contributed by atoms with Gasteiger partial charge in [-0.05, 0) is 24.7 Å². The number of ketones is 1. The third-order valence-electron chi connectivity index (χ3n) is 2.98. The van der Waals surface area contributed by atoms with Gasteiger partial charge in [-0.1, -0.05) is 0 Å². The van der Waals surface area contributed by atoms with E-state index in [1.54, 1.807) is 0 Å². The Labute approximate surface area is 106 Å². The van der Waals surface area contributed by atoms with Crippen molar-refractivity contribution in [2.24, 2.45) is 5.73 Å². The molecule has 0 bridgehead atoms. The SMILES string of the molecule is NCCC(=O)c1ccc(F)cc1N1CCOCC1. The summed E-state index contributed by atoms with van der Waals surface area (Å²) in [6, 6.07) is 4.26. The zero-order valence-corrected chi connectivity index (χ0v) is 10.2. The summed E-state index contributed by atoms with van der Waals surface area (Å²) in [6.07, 6.45) is 0.281. The van der Waals surface area contributed by atoms with E-state index in [-0.39, 0.29) is 18.0 Å². The molecular formula is C13H17FN2O2. The van der Waals surface area contributed by atoms with Gasteiger partial charge in [0.25, 0.3) is 0 Å². The molecule has 4 nitrogen and oxygen atoms in total. The number of carbonyl (C=O) groups excluding carboxylic acids is 1. The predicted octanol–water partition coefficient (Wildman–Crippen LogP) is 1.19. The molecule has 0 aromatic heterocycles. The van der Waals surface area contributed by atoms with E-state index in [1.807, 2.05) is 4.90 Å². The standard InChI is InChI=1S/C13H17FN2O2/c14-10-1-2-11(13(17)3-4-15)12(9-10)16-5-7-18-8-6-16/h1-2,9H,3-8,15H2. The third-order valence-corrected chi connectivity index (χ3v) is 2.98. The molecule has 1 aromatic carbocycles. The van der Waals surface area contributed by atoms with Crippen molar-refractivity contribution in [2.45, 2.75) is 6.42 Å². The van der Waals surface area contributed by atoms with Crippen LogP contribution >= 0.6 is 0 Å². The Morgan fingerprint density at radius 1 is 1.39 bits per heavy atom. The number of nitrogens with zero attached hydrogens (tertiary/aromatic N) is 1. The topological polar surface area (TPSA) is 55.6 Å². The van der Waals surface area contributed by atoms with Crippen LogP contribution in [0.15, 0.2) is 18.2 Å². The Balaban J connectivity index is 2.30. The molecular weight excluding hydrogens is 235 g/mol. The highest BCUT2D eigenvalue weighted by atomic mass is 19.1. The molecule has 0 spiro atoms. The molecule has 1 fully saturated rings. The molecule has 0 saturated carbocycles. The van der Waals surface area contributed by atoms with Crippen LogP contribution in [0.25, 0.3) is 0 Å². The minimum absolute atomic E-state index is 0.0426. The predicted molar refractivity (Wildman–Crippen MR) is 67.4 cm³/mol. The number of anilines is 1. The number of nitrogens with two attached hydrogens (primary N) is 1. The average Bonchev–Trinajstić information content (AvgIpc) is 2.40. The lowest BCUT2D eigenvalue weighted by atomic mass is 10.0. The lowest BCUT2D eigenvalue weighted by molar-refractivity contribution is 0.0983. The molecule has 18 heavy (non-hydrogen) atoms. The first-order valence-electron chi connectivity index (χ1n) is 6.08. The van der Waals surface area contributed by atoms with Crippen LogP contribution in [0.4, 0.5) is 10.1 Å². The summed E-state index contributed by atoms with van der Waals surface area (Å²) in [5, 5.41) is 0. The van der Waals surface area contributed by atoms with Gasteiger partial charge in [0.2, 0.25) is 0 Å². The number of carbonyl (C=O) groups is 1. The molecule has 0 atom stereocenters. The Bertz CT molecular complexity index is 431. The van der Waals surface area contributed by atoms with E-state index in [4.69, 9.17) is 10.5 Å². The third kappa shape index (κ3) is 2.86. The molecule has 1 heterocycles. The number of halogens is 1. The molecule has 0 radical (unpaired) electrons. The summed E-state index contributed by atoms with van der Waals surface area (Å²) in [4.78, 5) is 13.9. The van der Waals surface area contributed by atoms with Crippen LogP contribution in [0.3, 0.4) is 0 Å². The molecule has 1 aliphatic rings. The van der Waals surface area contributed by atoms with Crippen molar-refractivity contribution in [3.8, 4) is 0 Å². The van der Waals surface area contributed by atoms with Crippen LogP contribution in [0.1, 0.15) is 16.8 Å². The number of ether oxygens (including phenoxy) is 1. The fraction of sp³-hybridized carbons (Fsp3) is 0.462. The Morgan fingerprint density at radius 2 is 2.11 bits per heavy atom. The first kappa shape index (κ1) is 13.0. The Hall–Kier alpha value is -1.46. The van der Waals surface area contributed by atoms with Gasteiger partial charge >= 0.3 is 0 Å². The number of benzene rings is 1. The van der Waals surface area contributed by atoms with Gasteiger partial charge in [-0.25, -0.2) is 4.39 Å². The van der Waals surface area contributed by atoms with Gasteiger partial charge < -0.3 is 15.4 Å². The Kier molecular flexibility index (Phi) is 4.28. The summed E-state index contributed by atoms with van der Waals surface area (Å²) >= 11 is 0. The van der Waals surface area contributed by atoms with Crippen molar-refractivity contribution in [2.75, 3.05) is 37.7 Å². The zero-order valence-electron chi connectivity index (χ0n) is 10.2. The first-order chi connectivity index (χ1) is 8.72. The van der Waals surface area contributed by atoms with E-state index in [0.29, 0.717) is 44.1 Å². The molecule has 5 heteroatoms. The molecule has 1 aromatic rings. The van der Waals surface area contributed by atoms with Gasteiger partial charge in [-0.3, -0.25) is 4.79 Å². The second-order valence-corrected chi connectivity index (χ2v) is 4.22. The fourth-order valence-corrected chi connectivity index (χ4v) is 2.07. The fourth-order valence-electron chi connectivity index (χ4n) is 2.07. The van der Waals surface area contributed by atoms with Crippen molar-refractivity contribution in [3.63, 3.8) is 0 Å². The van der Waals surface area contributed by atoms with Crippen molar-refractivity contribution in [1.29, 1.82) is 0 Å². The van der Waals surface area contributed by atoms with Crippen LogP contribution < -0.4 is 10.6 Å². The van der Waals surface area contributed by atoms with Gasteiger partial charge in [0.1, 0.15) is 5.82 Å². The summed E-state index contributed by atoms with van der Waals surface area (Å²) in [5.41, 5.74) is 6.59. The highest BCUT2D eigenvalue weighted by Gasteiger charge is 2.19. The molecule has 98 valence electrons. The Morgan fingerprint density at radius 3 is 2.78 bits per heavy atom. The van der Waals surface area contributed by atoms with E-state index < -0.39 is 0 Å². The second kappa shape index (κ2) is 5.93. The minimum atomic E-state index is -0.333. The van der Waals surface area contributed by atoms with Crippen LogP contribution in [0.2, 0.25) is 0 Å². The smallest absolute Gasteiger partial charge is 0.166 e. The van der Waals surface area contributed by atoms with E-state index in [0.717, 1.165) is 0 Å².